The Balaban J connectivity index is 1.71. The summed E-state index contributed by atoms with van der Waals surface area (Å²) in [6, 6.07) is 9.00. The minimum atomic E-state index is -0.0527. The number of hydrogen-bond acceptors (Lipinski definition) is 4. The maximum Gasteiger partial charge on any atom is 0.161 e. The molecule has 6 heteroatoms. The first-order valence-corrected chi connectivity index (χ1v) is 9.63. The number of fused-ring (bicyclic) bond motifs is 1. The topological polar surface area (TPSA) is 52.9 Å². The molecule has 0 aliphatic heterocycles. The van der Waals surface area contributed by atoms with Crippen LogP contribution >= 0.6 is 23.2 Å². The third-order valence-electron chi connectivity index (χ3n) is 4.82. The van der Waals surface area contributed by atoms with Gasteiger partial charge < -0.3 is 14.9 Å². The molecule has 0 heterocycles. The monoisotopic (exact) mass is 395 g/mol. The van der Waals surface area contributed by atoms with E-state index in [1.807, 2.05) is 6.07 Å². The summed E-state index contributed by atoms with van der Waals surface area (Å²) in [4.78, 5) is 2.35. The highest BCUT2D eigenvalue weighted by Crippen LogP contribution is 2.43. The van der Waals surface area contributed by atoms with Crippen LogP contribution in [0, 0.1) is 0 Å². The molecule has 2 N–H and O–H groups in total. The van der Waals surface area contributed by atoms with Crippen LogP contribution < -0.4 is 4.74 Å². The lowest BCUT2D eigenvalue weighted by Gasteiger charge is -2.29. The second-order valence-corrected chi connectivity index (χ2v) is 7.31. The van der Waals surface area contributed by atoms with E-state index < -0.39 is 0 Å². The maximum absolute atomic E-state index is 10.1. The Hall–Kier alpha value is -1.62. The molecule has 2 aromatic carbocycles. The normalized spacial score (nSPS) is 16.1. The minimum absolute atomic E-state index is 0.0144. The third-order valence-corrected chi connectivity index (χ3v) is 5.42. The van der Waals surface area contributed by atoms with Crippen molar-refractivity contribution in [2.24, 2.45) is 0 Å². The van der Waals surface area contributed by atoms with Crippen LogP contribution in [0.1, 0.15) is 36.9 Å². The quantitative estimate of drug-likeness (QED) is 0.633. The Labute approximate surface area is 163 Å². The molecule has 1 aliphatic rings. The summed E-state index contributed by atoms with van der Waals surface area (Å²) in [6.45, 7) is 4.26. The van der Waals surface area contributed by atoms with E-state index >= 15 is 0 Å². The van der Waals surface area contributed by atoms with Gasteiger partial charge in [0.1, 0.15) is 6.61 Å². The fraction of sp³-hybridized carbons (Fsp3) is 0.400. The van der Waals surface area contributed by atoms with Crippen LogP contribution in [-0.4, -0.2) is 34.8 Å². The molecule has 0 spiro atoms. The molecule has 2 aromatic rings. The van der Waals surface area contributed by atoms with Gasteiger partial charge in [0, 0.05) is 18.2 Å². The summed E-state index contributed by atoms with van der Waals surface area (Å²) in [5.74, 6) is 0.477. The molecule has 4 nitrogen and oxygen atoms in total. The van der Waals surface area contributed by atoms with E-state index in [9.17, 15) is 10.2 Å². The molecule has 3 rings (SSSR count). The Morgan fingerprint density at radius 1 is 1.12 bits per heavy atom. The van der Waals surface area contributed by atoms with Crippen molar-refractivity contribution in [3.63, 3.8) is 0 Å². The molecule has 26 heavy (non-hydrogen) atoms. The summed E-state index contributed by atoms with van der Waals surface area (Å²) in [5, 5.41) is 20.8. The molecular weight excluding hydrogens is 373 g/mol. The first kappa shape index (κ1) is 19.2. The van der Waals surface area contributed by atoms with Crippen molar-refractivity contribution in [2.75, 3.05) is 19.7 Å². The summed E-state index contributed by atoms with van der Waals surface area (Å²) in [7, 11) is 0. The summed E-state index contributed by atoms with van der Waals surface area (Å²) in [6.07, 6.45) is 2.69. The minimum Gasteiger partial charge on any atom is -0.504 e. The van der Waals surface area contributed by atoms with E-state index in [1.165, 1.54) is 0 Å². The number of benzene rings is 2. The van der Waals surface area contributed by atoms with Gasteiger partial charge >= 0.3 is 0 Å². The second-order valence-electron chi connectivity index (χ2n) is 6.49. The van der Waals surface area contributed by atoms with Crippen molar-refractivity contribution in [3.8, 4) is 17.2 Å². The summed E-state index contributed by atoms with van der Waals surface area (Å²) in [5.41, 5.74) is 1.94. The standard InChI is InChI=1S/C20H23Cl2NO3/c1-2-10-23(11-12-26-20-15(21)4-3-5-16(20)22)17-8-6-14-13(17)7-9-18(24)19(14)25/h3-5,7,9,17,24-25H,2,6,8,10-12H2,1H3. The second kappa shape index (κ2) is 8.38. The van der Waals surface area contributed by atoms with Crippen LogP contribution in [0.2, 0.25) is 10.0 Å². The molecule has 0 fully saturated rings. The fourth-order valence-electron chi connectivity index (χ4n) is 3.63. The first-order valence-electron chi connectivity index (χ1n) is 8.87. The first-order chi connectivity index (χ1) is 12.5. The van der Waals surface area contributed by atoms with Gasteiger partial charge in [-0.3, -0.25) is 4.90 Å². The van der Waals surface area contributed by atoms with Gasteiger partial charge in [0.2, 0.25) is 0 Å². The van der Waals surface area contributed by atoms with Crippen molar-refractivity contribution in [2.45, 2.75) is 32.2 Å². The maximum atomic E-state index is 10.1. The Morgan fingerprint density at radius 2 is 1.85 bits per heavy atom. The van der Waals surface area contributed by atoms with Crippen molar-refractivity contribution >= 4 is 23.2 Å². The van der Waals surface area contributed by atoms with Crippen molar-refractivity contribution in [1.29, 1.82) is 0 Å². The third kappa shape index (κ3) is 3.88. The summed E-state index contributed by atoms with van der Waals surface area (Å²) < 4.78 is 5.84. The molecular formula is C20H23Cl2NO3. The number of aromatic hydroxyl groups is 2. The number of phenols is 2. The Bertz CT molecular complexity index is 762. The van der Waals surface area contributed by atoms with E-state index in [0.29, 0.717) is 22.4 Å². The van der Waals surface area contributed by atoms with Gasteiger partial charge in [-0.25, -0.2) is 0 Å². The molecule has 0 saturated heterocycles. The molecule has 0 saturated carbocycles. The smallest absolute Gasteiger partial charge is 0.161 e. The molecule has 0 bridgehead atoms. The van der Waals surface area contributed by atoms with Gasteiger partial charge in [0.05, 0.1) is 10.0 Å². The molecule has 1 unspecified atom stereocenters. The number of halogens is 2. The average Bonchev–Trinajstić information content (AvgIpc) is 3.04. The van der Waals surface area contributed by atoms with Gasteiger partial charge in [-0.1, -0.05) is 42.3 Å². The van der Waals surface area contributed by atoms with Gasteiger partial charge in [0.15, 0.2) is 17.2 Å². The highest BCUT2D eigenvalue weighted by Gasteiger charge is 2.30. The number of phenolic OH excluding ortho intramolecular Hbond substituents is 2. The van der Waals surface area contributed by atoms with E-state index in [0.717, 1.165) is 43.5 Å². The lowest BCUT2D eigenvalue weighted by molar-refractivity contribution is 0.159. The molecule has 0 radical (unpaired) electrons. The number of rotatable bonds is 7. The summed E-state index contributed by atoms with van der Waals surface area (Å²) >= 11 is 12.3. The van der Waals surface area contributed by atoms with E-state index in [1.54, 1.807) is 24.3 Å². The van der Waals surface area contributed by atoms with Gasteiger partial charge in [-0.15, -0.1) is 0 Å². The van der Waals surface area contributed by atoms with Crippen molar-refractivity contribution in [3.05, 3.63) is 51.5 Å². The predicted molar refractivity (Wildman–Crippen MR) is 105 cm³/mol. The highest BCUT2D eigenvalue weighted by atomic mass is 35.5. The Kier molecular flexibility index (Phi) is 6.17. The van der Waals surface area contributed by atoms with Gasteiger partial charge in [-0.05, 0) is 49.6 Å². The fourth-order valence-corrected chi connectivity index (χ4v) is 4.13. The zero-order valence-corrected chi connectivity index (χ0v) is 16.2. The number of nitrogens with zero attached hydrogens (tertiary/aromatic N) is 1. The van der Waals surface area contributed by atoms with Crippen LogP contribution in [0.25, 0.3) is 0 Å². The molecule has 1 aliphatic carbocycles. The number of para-hydroxylation sites is 1. The molecule has 1 atom stereocenters. The van der Waals surface area contributed by atoms with E-state index in [-0.39, 0.29) is 17.5 Å². The SMILES string of the molecule is CCCN(CCOc1c(Cl)cccc1Cl)C1CCc2c1ccc(O)c2O. The Morgan fingerprint density at radius 3 is 2.54 bits per heavy atom. The number of ether oxygens (including phenoxy) is 1. The highest BCUT2D eigenvalue weighted by molar-refractivity contribution is 6.37. The van der Waals surface area contributed by atoms with Gasteiger partial charge in [0.25, 0.3) is 0 Å². The van der Waals surface area contributed by atoms with Crippen LogP contribution in [0.5, 0.6) is 17.2 Å². The van der Waals surface area contributed by atoms with Crippen molar-refractivity contribution < 1.29 is 14.9 Å². The van der Waals surface area contributed by atoms with Crippen LogP contribution in [0.15, 0.2) is 30.3 Å². The van der Waals surface area contributed by atoms with Crippen LogP contribution in [-0.2, 0) is 6.42 Å². The van der Waals surface area contributed by atoms with E-state index in [4.69, 9.17) is 27.9 Å². The van der Waals surface area contributed by atoms with Gasteiger partial charge in [-0.2, -0.15) is 0 Å². The number of hydrogen-bond donors (Lipinski definition) is 2. The molecule has 0 amide bonds. The predicted octanol–water partition coefficient (Wildman–Crippen LogP) is 5.18. The van der Waals surface area contributed by atoms with Crippen LogP contribution in [0.3, 0.4) is 0 Å². The zero-order valence-electron chi connectivity index (χ0n) is 14.7. The van der Waals surface area contributed by atoms with E-state index in [2.05, 4.69) is 11.8 Å². The lowest BCUT2D eigenvalue weighted by Crippen LogP contribution is -2.32. The molecule has 140 valence electrons. The van der Waals surface area contributed by atoms with Crippen LogP contribution in [0.4, 0.5) is 0 Å². The average molecular weight is 396 g/mol. The largest absolute Gasteiger partial charge is 0.504 e. The zero-order chi connectivity index (χ0) is 18.7. The van der Waals surface area contributed by atoms with Crippen molar-refractivity contribution in [1.82, 2.24) is 4.90 Å². The molecule has 0 aromatic heterocycles. The lowest BCUT2D eigenvalue weighted by atomic mass is 10.1.